The van der Waals surface area contributed by atoms with Gasteiger partial charge in [0.2, 0.25) is 11.4 Å². The van der Waals surface area contributed by atoms with E-state index in [2.05, 4.69) is 88.4 Å². The fourth-order valence-electron chi connectivity index (χ4n) is 9.10. The Labute approximate surface area is 366 Å². The van der Waals surface area contributed by atoms with Crippen molar-refractivity contribution in [2.24, 2.45) is 0 Å². The highest BCUT2D eigenvalue weighted by Crippen LogP contribution is 2.43. The van der Waals surface area contributed by atoms with Gasteiger partial charge in [0.15, 0.2) is 0 Å². The molecule has 0 amide bonds. The first-order valence-electron chi connectivity index (χ1n) is 26.0. The molecule has 2 heteroatoms. The summed E-state index contributed by atoms with van der Waals surface area (Å²) in [4.78, 5) is 0. The van der Waals surface area contributed by atoms with Crippen molar-refractivity contribution in [2.75, 3.05) is 0 Å². The molecule has 0 unspecified atom stereocenters. The zero-order valence-corrected chi connectivity index (χ0v) is 39.4. The summed E-state index contributed by atoms with van der Waals surface area (Å²) < 4.78 is 1.56. The number of rotatable bonds is 38. The summed E-state index contributed by atoms with van der Waals surface area (Å²) in [7, 11) is 0. The van der Waals surface area contributed by atoms with Gasteiger partial charge in [-0.1, -0.05) is 237 Å². The van der Waals surface area contributed by atoms with E-state index in [1.807, 2.05) is 0 Å². The van der Waals surface area contributed by atoms with Gasteiger partial charge in [0, 0.05) is 16.7 Å². The molecule has 2 nitrogen and oxygen atoms in total. The van der Waals surface area contributed by atoms with Gasteiger partial charge in [0.25, 0.3) is 0 Å². The van der Waals surface area contributed by atoms with Gasteiger partial charge in [-0.2, -0.15) is 0 Å². The molecule has 0 fully saturated rings. The normalized spacial score (nSPS) is 13.3. The van der Waals surface area contributed by atoms with Crippen LogP contribution in [0.5, 0.6) is 0 Å². The molecule has 3 rings (SSSR count). The summed E-state index contributed by atoms with van der Waals surface area (Å²) in [5.74, 6) is 0. The van der Waals surface area contributed by atoms with Crippen molar-refractivity contribution in [3.8, 4) is 0 Å². The lowest BCUT2D eigenvalue weighted by Crippen LogP contribution is -2.03. The van der Waals surface area contributed by atoms with Gasteiger partial charge in [0.05, 0.1) is 5.57 Å². The van der Waals surface area contributed by atoms with Crippen molar-refractivity contribution in [1.82, 2.24) is 0 Å². The molecule has 0 atom stereocenters. The number of hydrogen-bond donors (Lipinski definition) is 0. The lowest BCUT2D eigenvalue weighted by molar-refractivity contribution is -0.345. The predicted molar refractivity (Wildman–Crippen MR) is 262 cm³/mol. The lowest BCUT2D eigenvalue weighted by atomic mass is 9.93. The first-order valence-corrected chi connectivity index (χ1v) is 26.0. The van der Waals surface area contributed by atoms with Gasteiger partial charge in [-0.05, 0) is 86.8 Å². The molecule has 0 spiro atoms. The van der Waals surface area contributed by atoms with E-state index in [0.29, 0.717) is 0 Å². The SMILES string of the molecule is CCCCCCCCCCCCCCCCCCCCCCCC=CC1=C(c2cccc(CCCC)c2)[N+](=[N-])C(c2ccc(CCCCCC)cc2)=C1CCCCCC. The van der Waals surface area contributed by atoms with E-state index >= 15 is 0 Å². The summed E-state index contributed by atoms with van der Waals surface area (Å²) in [6, 6.07) is 18.1. The van der Waals surface area contributed by atoms with Gasteiger partial charge in [0.1, 0.15) is 0 Å². The third kappa shape index (κ3) is 21.1. The largest absolute Gasteiger partial charge is 0.493 e. The zero-order chi connectivity index (χ0) is 42.0. The Morgan fingerprint density at radius 3 is 1.36 bits per heavy atom. The van der Waals surface area contributed by atoms with E-state index in [1.165, 1.54) is 215 Å². The number of aryl methyl sites for hydroxylation is 2. The maximum atomic E-state index is 12.2. The third-order valence-electron chi connectivity index (χ3n) is 12.9. The van der Waals surface area contributed by atoms with Crippen LogP contribution < -0.4 is 0 Å². The molecule has 2 aromatic rings. The van der Waals surface area contributed by atoms with Crippen LogP contribution >= 0.6 is 0 Å². The zero-order valence-electron chi connectivity index (χ0n) is 39.4. The van der Waals surface area contributed by atoms with E-state index in [-0.39, 0.29) is 0 Å². The molecule has 0 aliphatic carbocycles. The maximum Gasteiger partial charge on any atom is 0.215 e. The monoisotopic (exact) mass is 805 g/mol. The minimum atomic E-state index is 0.961. The highest BCUT2D eigenvalue weighted by Gasteiger charge is 2.34. The van der Waals surface area contributed by atoms with Crippen LogP contribution in [0.2, 0.25) is 0 Å². The van der Waals surface area contributed by atoms with Crippen LogP contribution in [0.3, 0.4) is 0 Å². The predicted octanol–water partition coefficient (Wildman–Crippen LogP) is 19.5. The van der Waals surface area contributed by atoms with E-state index in [9.17, 15) is 5.53 Å². The number of allylic oxidation sites excluding steroid dienone is 4. The van der Waals surface area contributed by atoms with E-state index < -0.39 is 0 Å². The van der Waals surface area contributed by atoms with Crippen molar-refractivity contribution in [3.05, 3.63) is 99.6 Å². The molecule has 0 N–H and O–H groups in total. The van der Waals surface area contributed by atoms with Gasteiger partial charge < -0.3 is 5.53 Å². The second-order valence-corrected chi connectivity index (χ2v) is 18.3. The molecular weight excluding hydrogens is 713 g/mol. The van der Waals surface area contributed by atoms with E-state index in [0.717, 1.165) is 54.6 Å². The molecular formula is C57H92N2. The Morgan fingerprint density at radius 2 is 0.847 bits per heavy atom. The Kier molecular flexibility index (Phi) is 29.1. The minimum Gasteiger partial charge on any atom is -0.493 e. The van der Waals surface area contributed by atoms with Crippen molar-refractivity contribution >= 4 is 11.4 Å². The molecule has 59 heavy (non-hydrogen) atoms. The van der Waals surface area contributed by atoms with Gasteiger partial charge >= 0.3 is 0 Å². The van der Waals surface area contributed by atoms with Crippen LogP contribution in [0.4, 0.5) is 0 Å². The quantitative estimate of drug-likeness (QED) is 0.0477. The summed E-state index contributed by atoms with van der Waals surface area (Å²) >= 11 is 0. The number of nitrogens with zero attached hydrogens (tertiary/aromatic N) is 2. The average molecular weight is 805 g/mol. The second kappa shape index (κ2) is 33.9. The molecule has 0 aromatic heterocycles. The molecule has 330 valence electrons. The Balaban J connectivity index is 1.51. The van der Waals surface area contributed by atoms with Crippen molar-refractivity contribution in [1.29, 1.82) is 0 Å². The fourth-order valence-corrected chi connectivity index (χ4v) is 9.10. The molecule has 1 heterocycles. The minimum absolute atomic E-state index is 0.961. The summed E-state index contributed by atoms with van der Waals surface area (Å²) in [5, 5.41) is 0. The van der Waals surface area contributed by atoms with Gasteiger partial charge in [-0.3, -0.25) is 0 Å². The molecule has 0 radical (unpaired) electrons. The van der Waals surface area contributed by atoms with Gasteiger partial charge in [-0.25, -0.2) is 4.70 Å². The average Bonchev–Trinajstić information content (AvgIpc) is 3.53. The van der Waals surface area contributed by atoms with Crippen LogP contribution in [0.15, 0.2) is 71.8 Å². The van der Waals surface area contributed by atoms with E-state index in [1.54, 1.807) is 4.70 Å². The summed E-state index contributed by atoms with van der Waals surface area (Å²) in [6.07, 6.45) is 51.3. The standard InChI is InChI=1S/C57H92N2/c1-5-9-13-16-17-18-19-20-21-22-23-24-25-26-27-28-29-30-31-32-33-34-37-44-55-54(43-36-15-11-7-3)56(52-47-45-50(46-48-52)40-35-14-10-6-2)59(58)57(55)53-42-38-41-51(49-53)39-12-8-4/h37-38,41-42,44-49H,5-36,39-40,43H2,1-4H3. The van der Waals surface area contributed by atoms with Crippen LogP contribution in [0, 0.1) is 0 Å². The molecule has 0 bridgehead atoms. The summed E-state index contributed by atoms with van der Waals surface area (Å²) in [5.41, 5.74) is 21.7. The number of benzene rings is 2. The molecule has 2 aromatic carbocycles. The Hall–Kier alpha value is -2.74. The highest BCUT2D eigenvalue weighted by molar-refractivity contribution is 5.84. The molecule has 0 saturated heterocycles. The van der Waals surface area contributed by atoms with Crippen LogP contribution in [0.25, 0.3) is 16.9 Å². The maximum absolute atomic E-state index is 12.2. The Bertz CT molecular complexity index is 1460. The van der Waals surface area contributed by atoms with Gasteiger partial charge in [-0.15, -0.1) is 0 Å². The topological polar surface area (TPSA) is 25.3 Å². The van der Waals surface area contributed by atoms with Crippen LogP contribution in [-0.2, 0) is 12.8 Å². The van der Waals surface area contributed by atoms with E-state index in [4.69, 9.17) is 0 Å². The first kappa shape index (κ1) is 50.6. The number of hydrogen-bond acceptors (Lipinski definition) is 0. The fraction of sp³-hybridized carbons (Fsp3) is 0.684. The van der Waals surface area contributed by atoms with Crippen LogP contribution in [-0.4, -0.2) is 4.70 Å². The first-order chi connectivity index (χ1) is 29.1. The lowest BCUT2D eigenvalue weighted by Gasteiger charge is -2.11. The molecule has 0 saturated carbocycles. The van der Waals surface area contributed by atoms with Crippen molar-refractivity contribution in [2.45, 2.75) is 252 Å². The Morgan fingerprint density at radius 1 is 0.407 bits per heavy atom. The van der Waals surface area contributed by atoms with Crippen LogP contribution in [0.1, 0.15) is 262 Å². The molecule has 1 aliphatic heterocycles. The molecule has 1 aliphatic rings. The second-order valence-electron chi connectivity index (χ2n) is 18.3. The number of unbranched alkanes of at least 4 members (excludes halogenated alkanes) is 28. The highest BCUT2D eigenvalue weighted by atomic mass is 15.2. The third-order valence-corrected chi connectivity index (χ3v) is 12.9. The van der Waals surface area contributed by atoms with Crippen molar-refractivity contribution in [3.63, 3.8) is 0 Å². The van der Waals surface area contributed by atoms with Crippen molar-refractivity contribution < 1.29 is 4.70 Å². The smallest absolute Gasteiger partial charge is 0.215 e. The summed E-state index contributed by atoms with van der Waals surface area (Å²) in [6.45, 7) is 9.14.